The second-order valence-corrected chi connectivity index (χ2v) is 6.59. The maximum absolute atomic E-state index is 5.55. The zero-order valence-corrected chi connectivity index (χ0v) is 19.6. The van der Waals surface area contributed by atoms with Gasteiger partial charge in [-0.1, -0.05) is 25.5 Å². The van der Waals surface area contributed by atoms with Crippen LogP contribution in [0.4, 0.5) is 0 Å². The number of nitrogens with zero attached hydrogens (tertiary/aromatic N) is 1. The molecule has 0 amide bonds. The van der Waals surface area contributed by atoms with Crippen LogP contribution in [0.1, 0.15) is 30.9 Å². The minimum absolute atomic E-state index is 0. The van der Waals surface area contributed by atoms with Crippen molar-refractivity contribution >= 4 is 41.7 Å². The number of rotatable bonds is 12. The maximum Gasteiger partial charge on any atom is 0.191 e. The molecule has 0 aliphatic heterocycles. The van der Waals surface area contributed by atoms with Gasteiger partial charge in [0.2, 0.25) is 0 Å². The molecule has 2 N–H and O–H groups in total. The van der Waals surface area contributed by atoms with Crippen LogP contribution in [0.5, 0.6) is 0 Å². The third-order valence-electron chi connectivity index (χ3n) is 3.67. The zero-order valence-electron chi connectivity index (χ0n) is 16.5. The van der Waals surface area contributed by atoms with Crippen LogP contribution in [-0.4, -0.2) is 52.2 Å². The van der Waals surface area contributed by atoms with Gasteiger partial charge in [0.15, 0.2) is 5.96 Å². The van der Waals surface area contributed by atoms with Crippen molar-refractivity contribution in [2.75, 3.05) is 46.3 Å². The van der Waals surface area contributed by atoms with E-state index in [0.29, 0.717) is 19.8 Å². The highest BCUT2D eigenvalue weighted by Gasteiger charge is 2.03. The lowest BCUT2D eigenvalue weighted by Gasteiger charge is -2.14. The first-order valence-corrected chi connectivity index (χ1v) is 10.2. The van der Waals surface area contributed by atoms with E-state index in [1.807, 2.05) is 0 Å². The lowest BCUT2D eigenvalue weighted by molar-refractivity contribution is 0.0487. The van der Waals surface area contributed by atoms with Crippen LogP contribution in [0.2, 0.25) is 0 Å². The molecule has 1 aromatic rings. The molecule has 5 nitrogen and oxygen atoms in total. The van der Waals surface area contributed by atoms with Crippen molar-refractivity contribution in [3.05, 3.63) is 29.3 Å². The fourth-order valence-electron chi connectivity index (χ4n) is 2.21. The van der Waals surface area contributed by atoms with Crippen molar-refractivity contribution in [3.8, 4) is 0 Å². The molecule has 0 atom stereocenters. The largest absolute Gasteiger partial charge is 0.379 e. The standard InChI is InChI=1S/C19H33N3O2S.HI/c1-5-6-10-23-12-13-24-11-9-21-19(20-3)22-15-17-8-7-16(2)14-18(17)25-4;/h7-8,14H,5-6,9-13,15H2,1-4H3,(H2,20,21,22);1H. The molecule has 150 valence electrons. The quantitative estimate of drug-likeness (QED) is 0.152. The fourth-order valence-corrected chi connectivity index (χ4v) is 2.91. The molecule has 0 radical (unpaired) electrons. The van der Waals surface area contributed by atoms with Gasteiger partial charge >= 0.3 is 0 Å². The van der Waals surface area contributed by atoms with Gasteiger partial charge in [0.25, 0.3) is 0 Å². The summed E-state index contributed by atoms with van der Waals surface area (Å²) in [4.78, 5) is 5.55. The number of thioether (sulfide) groups is 1. The number of ether oxygens (including phenoxy) is 2. The lowest BCUT2D eigenvalue weighted by Crippen LogP contribution is -2.38. The van der Waals surface area contributed by atoms with Crippen molar-refractivity contribution in [3.63, 3.8) is 0 Å². The number of guanidine groups is 1. The summed E-state index contributed by atoms with van der Waals surface area (Å²) in [7, 11) is 1.78. The molecule has 0 aliphatic carbocycles. The molecule has 0 aliphatic rings. The molecule has 0 fully saturated rings. The van der Waals surface area contributed by atoms with Crippen LogP contribution in [0.15, 0.2) is 28.1 Å². The number of benzene rings is 1. The van der Waals surface area contributed by atoms with Crippen molar-refractivity contribution in [1.29, 1.82) is 0 Å². The van der Waals surface area contributed by atoms with Crippen LogP contribution >= 0.6 is 35.7 Å². The first-order chi connectivity index (χ1) is 12.2. The Balaban J connectivity index is 0.00000625. The number of nitrogens with one attached hydrogen (secondary N) is 2. The second-order valence-electron chi connectivity index (χ2n) is 5.75. The Labute approximate surface area is 180 Å². The lowest BCUT2D eigenvalue weighted by atomic mass is 10.1. The van der Waals surface area contributed by atoms with E-state index in [0.717, 1.165) is 38.5 Å². The Morgan fingerprint density at radius 3 is 2.50 bits per heavy atom. The highest BCUT2D eigenvalue weighted by Crippen LogP contribution is 2.21. The van der Waals surface area contributed by atoms with E-state index >= 15 is 0 Å². The average molecular weight is 495 g/mol. The summed E-state index contributed by atoms with van der Waals surface area (Å²) >= 11 is 1.77. The summed E-state index contributed by atoms with van der Waals surface area (Å²) in [6, 6.07) is 6.53. The Morgan fingerprint density at radius 1 is 1.12 bits per heavy atom. The van der Waals surface area contributed by atoms with Crippen LogP contribution in [0.3, 0.4) is 0 Å². The van der Waals surface area contributed by atoms with Crippen molar-refractivity contribution in [2.45, 2.75) is 38.1 Å². The van der Waals surface area contributed by atoms with Gasteiger partial charge < -0.3 is 20.1 Å². The van der Waals surface area contributed by atoms with Crippen molar-refractivity contribution in [1.82, 2.24) is 10.6 Å². The van der Waals surface area contributed by atoms with Crippen LogP contribution in [0.25, 0.3) is 0 Å². The monoisotopic (exact) mass is 495 g/mol. The topological polar surface area (TPSA) is 54.9 Å². The molecule has 7 heteroatoms. The summed E-state index contributed by atoms with van der Waals surface area (Å²) in [6.45, 7) is 8.51. The summed E-state index contributed by atoms with van der Waals surface area (Å²) in [6.07, 6.45) is 4.38. The van der Waals surface area contributed by atoms with Crippen molar-refractivity contribution < 1.29 is 9.47 Å². The molecule has 0 aromatic heterocycles. The maximum atomic E-state index is 5.55. The molecule has 0 spiro atoms. The third-order valence-corrected chi connectivity index (χ3v) is 4.49. The molecule has 1 aromatic carbocycles. The Hall–Kier alpha value is -0.510. The van der Waals surface area contributed by atoms with E-state index in [1.165, 1.54) is 16.0 Å². The SMILES string of the molecule is CCCCOCCOCCNC(=NC)NCc1ccc(C)cc1SC.I. The number of aryl methyl sites for hydroxylation is 1. The first-order valence-electron chi connectivity index (χ1n) is 8.94. The van der Waals surface area contributed by atoms with E-state index in [9.17, 15) is 0 Å². The van der Waals surface area contributed by atoms with Crippen molar-refractivity contribution in [2.24, 2.45) is 4.99 Å². The van der Waals surface area contributed by atoms with Crippen LogP contribution in [0, 0.1) is 6.92 Å². The van der Waals surface area contributed by atoms with Gasteiger partial charge in [-0.25, -0.2) is 0 Å². The van der Waals surface area contributed by atoms with E-state index in [2.05, 4.69) is 53.9 Å². The highest BCUT2D eigenvalue weighted by atomic mass is 127. The average Bonchev–Trinajstić information content (AvgIpc) is 2.63. The molecule has 0 heterocycles. The van der Waals surface area contributed by atoms with Gasteiger partial charge in [0, 0.05) is 31.6 Å². The molecular weight excluding hydrogens is 461 g/mol. The highest BCUT2D eigenvalue weighted by molar-refractivity contribution is 14.0. The van der Waals surface area contributed by atoms with Crippen LogP contribution in [-0.2, 0) is 16.0 Å². The van der Waals surface area contributed by atoms with Crippen LogP contribution < -0.4 is 10.6 Å². The van der Waals surface area contributed by atoms with E-state index in [-0.39, 0.29) is 24.0 Å². The summed E-state index contributed by atoms with van der Waals surface area (Å²) in [5.74, 6) is 0.787. The minimum atomic E-state index is 0. The van der Waals surface area contributed by atoms with Gasteiger partial charge in [0.1, 0.15) is 0 Å². The molecule has 0 saturated heterocycles. The Bertz CT molecular complexity index is 516. The Kier molecular flexibility index (Phi) is 16.3. The molecular formula is C19H34IN3O2S. The number of halogens is 1. The van der Waals surface area contributed by atoms with Gasteiger partial charge in [-0.05, 0) is 36.8 Å². The smallest absolute Gasteiger partial charge is 0.191 e. The molecule has 0 bridgehead atoms. The molecule has 0 unspecified atom stereocenters. The molecule has 0 saturated carbocycles. The summed E-state index contributed by atoms with van der Waals surface area (Å²) in [5.41, 5.74) is 2.56. The Morgan fingerprint density at radius 2 is 1.85 bits per heavy atom. The fraction of sp³-hybridized carbons (Fsp3) is 0.632. The summed E-state index contributed by atoms with van der Waals surface area (Å²) in [5, 5.41) is 6.62. The van der Waals surface area contributed by atoms with E-state index in [1.54, 1.807) is 18.8 Å². The minimum Gasteiger partial charge on any atom is -0.379 e. The molecule has 1 rings (SSSR count). The molecule has 26 heavy (non-hydrogen) atoms. The normalized spacial score (nSPS) is 11.2. The van der Waals surface area contributed by atoms with E-state index in [4.69, 9.17) is 9.47 Å². The van der Waals surface area contributed by atoms with Gasteiger partial charge in [-0.2, -0.15) is 0 Å². The number of hydrogen-bond acceptors (Lipinski definition) is 4. The van der Waals surface area contributed by atoms with Gasteiger partial charge in [0.05, 0.1) is 19.8 Å². The number of hydrogen-bond donors (Lipinski definition) is 2. The predicted molar refractivity (Wildman–Crippen MR) is 123 cm³/mol. The summed E-state index contributed by atoms with van der Waals surface area (Å²) < 4.78 is 11.0. The third kappa shape index (κ3) is 11.3. The second kappa shape index (κ2) is 16.6. The first kappa shape index (κ1) is 25.5. The van der Waals surface area contributed by atoms with E-state index < -0.39 is 0 Å². The number of aliphatic imine (C=N–C) groups is 1. The number of unbranched alkanes of at least 4 members (excludes halogenated alkanes) is 1. The predicted octanol–water partition coefficient (Wildman–Crippen LogP) is 3.83. The van der Waals surface area contributed by atoms with Gasteiger partial charge in [-0.3, -0.25) is 4.99 Å². The van der Waals surface area contributed by atoms with Gasteiger partial charge in [-0.15, -0.1) is 35.7 Å². The zero-order chi connectivity index (χ0) is 18.3.